The van der Waals surface area contributed by atoms with Gasteiger partial charge in [-0.15, -0.1) is 0 Å². The summed E-state index contributed by atoms with van der Waals surface area (Å²) in [5.41, 5.74) is 9.30. The van der Waals surface area contributed by atoms with Crippen molar-refractivity contribution >= 4 is 11.8 Å². The summed E-state index contributed by atoms with van der Waals surface area (Å²) < 4.78 is 11.5. The summed E-state index contributed by atoms with van der Waals surface area (Å²) >= 11 is 0. The van der Waals surface area contributed by atoms with Gasteiger partial charge in [-0.1, -0.05) is 68.2 Å². The molecule has 0 spiro atoms. The van der Waals surface area contributed by atoms with Gasteiger partial charge in [0.2, 0.25) is 0 Å². The zero-order chi connectivity index (χ0) is 32.3. The highest BCUT2D eigenvalue weighted by Crippen LogP contribution is 2.37. The first-order valence-corrected chi connectivity index (χ1v) is 17.1. The van der Waals surface area contributed by atoms with E-state index >= 15 is 0 Å². The summed E-state index contributed by atoms with van der Waals surface area (Å²) in [4.78, 5) is 19.6. The number of allylic oxidation sites excluding steroid dienone is 9. The van der Waals surface area contributed by atoms with Gasteiger partial charge >= 0.3 is 6.09 Å². The van der Waals surface area contributed by atoms with Gasteiger partial charge < -0.3 is 14.4 Å². The highest BCUT2D eigenvalue weighted by molar-refractivity contribution is 6.05. The fourth-order valence-corrected chi connectivity index (χ4v) is 6.75. The number of carbonyl (C=O) groups is 1. The molecular weight excluding hydrogens is 544 g/mol. The number of carbonyl (C=O) groups excluding carboxylic acids is 1. The van der Waals surface area contributed by atoms with Gasteiger partial charge in [0.25, 0.3) is 0 Å². The Bertz CT molecular complexity index is 1200. The fourth-order valence-electron chi connectivity index (χ4n) is 6.75. The minimum Gasteiger partial charge on any atom is -0.444 e. The van der Waals surface area contributed by atoms with Gasteiger partial charge in [0.1, 0.15) is 5.60 Å². The molecule has 2 aliphatic heterocycles. The Morgan fingerprint density at radius 1 is 1.05 bits per heavy atom. The van der Waals surface area contributed by atoms with Crippen molar-refractivity contribution in [1.29, 1.82) is 0 Å². The molecule has 1 amide bonds. The minimum atomic E-state index is -0.504. The van der Waals surface area contributed by atoms with E-state index < -0.39 is 5.60 Å². The Morgan fingerprint density at radius 3 is 2.41 bits per heavy atom. The molecule has 1 aliphatic carbocycles. The van der Waals surface area contributed by atoms with Gasteiger partial charge in [-0.05, 0) is 121 Å². The minimum absolute atomic E-state index is 0.172. The molecule has 44 heavy (non-hydrogen) atoms. The fraction of sp³-hybridized carbons (Fsp3) is 0.641. The molecular formula is C39H60N2O3. The van der Waals surface area contributed by atoms with E-state index in [2.05, 4.69) is 58.6 Å². The molecule has 3 aliphatic rings. The van der Waals surface area contributed by atoms with E-state index in [-0.39, 0.29) is 12.0 Å². The second-order valence-corrected chi connectivity index (χ2v) is 14.1. The maximum Gasteiger partial charge on any atom is 0.410 e. The molecule has 0 saturated heterocycles. The normalized spacial score (nSPS) is 25.3. The van der Waals surface area contributed by atoms with Gasteiger partial charge in [0, 0.05) is 38.0 Å². The molecule has 0 radical (unpaired) electrons. The summed E-state index contributed by atoms with van der Waals surface area (Å²) in [6, 6.07) is 0. The Labute approximate surface area is 268 Å². The average molecular weight is 605 g/mol. The molecule has 244 valence electrons. The van der Waals surface area contributed by atoms with Gasteiger partial charge in [-0.25, -0.2) is 4.79 Å². The van der Waals surface area contributed by atoms with E-state index in [0.29, 0.717) is 19.0 Å². The molecule has 0 N–H and O–H groups in total. The lowest BCUT2D eigenvalue weighted by Gasteiger charge is -2.31. The van der Waals surface area contributed by atoms with E-state index in [1.54, 1.807) is 0 Å². The smallest absolute Gasteiger partial charge is 0.410 e. The summed E-state index contributed by atoms with van der Waals surface area (Å²) in [5.74, 6) is 0.836. The largest absolute Gasteiger partial charge is 0.444 e. The van der Waals surface area contributed by atoms with Crippen LogP contribution in [0.2, 0.25) is 0 Å². The quantitative estimate of drug-likeness (QED) is 0.215. The molecule has 0 bridgehead atoms. The maximum absolute atomic E-state index is 13.0. The molecule has 2 heterocycles. The van der Waals surface area contributed by atoms with Crippen molar-refractivity contribution in [2.45, 2.75) is 118 Å². The van der Waals surface area contributed by atoms with Gasteiger partial charge in [-0.3, -0.25) is 4.99 Å². The second-order valence-electron chi connectivity index (χ2n) is 14.1. The van der Waals surface area contributed by atoms with E-state index in [1.807, 2.05) is 32.7 Å². The lowest BCUT2D eigenvalue weighted by molar-refractivity contribution is 0.0230. The summed E-state index contributed by atoms with van der Waals surface area (Å²) in [5, 5.41) is 0. The number of amides is 1. The van der Waals surface area contributed by atoms with Crippen LogP contribution < -0.4 is 0 Å². The van der Waals surface area contributed by atoms with Gasteiger partial charge in [0.15, 0.2) is 0 Å². The first-order valence-electron chi connectivity index (χ1n) is 17.1. The lowest BCUT2D eigenvalue weighted by atomic mass is 9.80. The molecule has 0 aromatic heterocycles. The van der Waals surface area contributed by atoms with Gasteiger partial charge in [0.05, 0.1) is 6.61 Å². The predicted octanol–water partition coefficient (Wildman–Crippen LogP) is 10.1. The Balaban J connectivity index is 2.16. The van der Waals surface area contributed by atoms with Crippen molar-refractivity contribution < 1.29 is 14.3 Å². The van der Waals surface area contributed by atoms with Crippen LogP contribution in [-0.2, 0) is 9.47 Å². The third-order valence-electron chi connectivity index (χ3n) is 8.74. The first-order chi connectivity index (χ1) is 20.9. The van der Waals surface area contributed by atoms with Crippen LogP contribution in [-0.4, -0.2) is 55.7 Å². The number of rotatable bonds is 7. The van der Waals surface area contributed by atoms with Crippen molar-refractivity contribution in [3.05, 3.63) is 69.9 Å². The van der Waals surface area contributed by atoms with Crippen molar-refractivity contribution in [2.24, 2.45) is 16.8 Å². The van der Waals surface area contributed by atoms with Crippen LogP contribution in [0.3, 0.4) is 0 Å². The first kappa shape index (κ1) is 35.8. The number of aliphatic imine (C=N–C) groups is 1. The van der Waals surface area contributed by atoms with E-state index in [0.717, 1.165) is 56.6 Å². The summed E-state index contributed by atoms with van der Waals surface area (Å²) in [6.07, 6.45) is 20.7. The number of hydrogen-bond donors (Lipinski definition) is 0. The second kappa shape index (κ2) is 17.1. The van der Waals surface area contributed by atoms with E-state index in [4.69, 9.17) is 14.5 Å². The molecule has 5 nitrogen and oxygen atoms in total. The number of ether oxygens (including phenoxy) is 2. The highest BCUT2D eigenvalue weighted by Gasteiger charge is 2.27. The van der Waals surface area contributed by atoms with Crippen LogP contribution in [0.4, 0.5) is 4.79 Å². The molecule has 3 rings (SSSR count). The maximum atomic E-state index is 13.0. The average Bonchev–Trinajstić information content (AvgIpc) is 2.91. The number of nitrogens with zero attached hydrogens (tertiary/aromatic N) is 2. The SMILES string of the molecule is C=C(C)C(/C1=C\[C@@H](C)CN(C(=O)OC(C)(C)C)CCC1)=C(C(=C/C(C)=C\C1CCCCC1)/C1=C\CCOCCC1)\C(C)=N/C. The predicted molar refractivity (Wildman–Crippen MR) is 186 cm³/mol. The van der Waals surface area contributed by atoms with Crippen LogP contribution in [0.5, 0.6) is 0 Å². The van der Waals surface area contributed by atoms with Crippen molar-refractivity contribution in [3.8, 4) is 0 Å². The molecule has 0 aromatic carbocycles. The monoisotopic (exact) mass is 604 g/mol. The van der Waals surface area contributed by atoms with Crippen molar-refractivity contribution in [3.63, 3.8) is 0 Å². The molecule has 1 atom stereocenters. The van der Waals surface area contributed by atoms with Gasteiger partial charge in [-0.2, -0.15) is 0 Å². The van der Waals surface area contributed by atoms with Crippen molar-refractivity contribution in [2.75, 3.05) is 33.4 Å². The van der Waals surface area contributed by atoms with Crippen LogP contribution in [0.1, 0.15) is 113 Å². The number of hydrogen-bond acceptors (Lipinski definition) is 4. The molecule has 1 saturated carbocycles. The van der Waals surface area contributed by atoms with E-state index in [9.17, 15) is 4.79 Å². The molecule has 0 aromatic rings. The molecule has 0 unspecified atom stereocenters. The standard InChI is InChI=1S/C39H60N2O3/c1-28(2)36(34-18-13-21-41(27-30(4)25-34)38(42)44-39(6,7)8)37(31(5)40-9)35(33-19-14-22-43-23-15-20-33)26-29(3)24-32-16-11-10-12-17-32/h19,24-26,30,32H,1,10-18,20-23,27H2,2-9H3/b29-24-,33-19-,34-25-,35-26+,37-36-,40-31-/t30-/m1/s1. The summed E-state index contributed by atoms with van der Waals surface area (Å²) in [6.45, 7) is 22.0. The Morgan fingerprint density at radius 2 is 1.75 bits per heavy atom. The Hall–Kier alpha value is -2.66. The summed E-state index contributed by atoms with van der Waals surface area (Å²) in [7, 11) is 1.90. The third kappa shape index (κ3) is 11.1. The zero-order valence-corrected chi connectivity index (χ0v) is 29.2. The zero-order valence-electron chi connectivity index (χ0n) is 29.2. The van der Waals surface area contributed by atoms with Crippen LogP contribution in [0, 0.1) is 11.8 Å². The molecule has 5 heteroatoms. The van der Waals surface area contributed by atoms with Crippen molar-refractivity contribution in [1.82, 2.24) is 4.90 Å². The molecule has 1 fully saturated rings. The third-order valence-corrected chi connectivity index (χ3v) is 8.74. The highest BCUT2D eigenvalue weighted by atomic mass is 16.6. The van der Waals surface area contributed by atoms with E-state index in [1.165, 1.54) is 65.5 Å². The topological polar surface area (TPSA) is 51.1 Å². The lowest BCUT2D eigenvalue weighted by Crippen LogP contribution is -2.40. The van der Waals surface area contributed by atoms with Crippen LogP contribution >= 0.6 is 0 Å². The Kier molecular flexibility index (Phi) is 14.0. The van der Waals surface area contributed by atoms with Crippen LogP contribution in [0.15, 0.2) is 74.9 Å². The van der Waals surface area contributed by atoms with Crippen LogP contribution in [0.25, 0.3) is 0 Å².